The molecule has 2 aromatic heterocycles. The largest absolute Gasteiger partial charge is 0.453 e. The summed E-state index contributed by atoms with van der Waals surface area (Å²) < 4.78 is 31.4. The number of imide groups is 1. The lowest BCUT2D eigenvalue weighted by atomic mass is 9.97. The summed E-state index contributed by atoms with van der Waals surface area (Å²) in [4.78, 5) is 37.5. The van der Waals surface area contributed by atoms with Gasteiger partial charge in [-0.1, -0.05) is 6.07 Å². The van der Waals surface area contributed by atoms with E-state index in [0.29, 0.717) is 27.6 Å². The standard InChI is InChI=1S/C19H23N3O6S3/c1-11-12(2)30-18(15(11)17(24)21-19(25)28-3)20-16(23)13-6-8-22(9-7-13)31(26,27)14-5-4-10-29-14/h4-5,10,13H,6-9H2,1-3H3,(H,20,23)(H,21,24,25). The molecule has 0 saturated carbocycles. The molecule has 1 fully saturated rings. The molecule has 3 rings (SSSR count). The Balaban J connectivity index is 1.67. The zero-order valence-corrected chi connectivity index (χ0v) is 19.7. The fraction of sp³-hybridized carbons (Fsp3) is 0.421. The first-order valence-corrected chi connectivity index (χ1v) is 12.6. The smallest absolute Gasteiger partial charge is 0.413 e. The number of hydrogen-bond donors (Lipinski definition) is 2. The number of thiophene rings is 2. The SMILES string of the molecule is COC(=O)NC(=O)c1c(NC(=O)C2CCN(S(=O)(=O)c3cccs3)CC2)sc(C)c1C. The lowest BCUT2D eigenvalue weighted by molar-refractivity contribution is -0.120. The summed E-state index contributed by atoms with van der Waals surface area (Å²) in [5, 5.41) is 6.98. The average Bonchev–Trinajstić information content (AvgIpc) is 3.37. The number of ether oxygens (including phenoxy) is 1. The third-order valence-electron chi connectivity index (χ3n) is 5.16. The second-order valence-corrected chi connectivity index (χ2v) is 11.4. The van der Waals surface area contributed by atoms with Crippen LogP contribution in [0.2, 0.25) is 0 Å². The number of anilines is 1. The van der Waals surface area contributed by atoms with E-state index in [0.717, 1.165) is 12.0 Å². The van der Waals surface area contributed by atoms with Gasteiger partial charge in [0, 0.05) is 23.9 Å². The highest BCUT2D eigenvalue weighted by molar-refractivity contribution is 7.91. The molecule has 3 amide bonds. The molecule has 0 atom stereocenters. The summed E-state index contributed by atoms with van der Waals surface area (Å²) in [6.07, 6.45) is -0.128. The van der Waals surface area contributed by atoms with Crippen LogP contribution in [0.15, 0.2) is 21.7 Å². The first kappa shape index (κ1) is 23.4. The highest BCUT2D eigenvalue weighted by Crippen LogP contribution is 2.34. The Morgan fingerprint density at radius 3 is 2.45 bits per heavy atom. The molecule has 0 aliphatic carbocycles. The van der Waals surface area contributed by atoms with Crippen molar-refractivity contribution in [3.8, 4) is 0 Å². The summed E-state index contributed by atoms with van der Waals surface area (Å²) in [7, 11) is -2.38. The lowest BCUT2D eigenvalue weighted by Gasteiger charge is -2.30. The van der Waals surface area contributed by atoms with Crippen molar-refractivity contribution >= 4 is 55.6 Å². The molecule has 0 unspecified atom stereocenters. The van der Waals surface area contributed by atoms with Gasteiger partial charge in [0.05, 0.1) is 12.7 Å². The number of carbonyl (C=O) groups is 3. The van der Waals surface area contributed by atoms with E-state index in [-0.39, 0.29) is 30.5 Å². The summed E-state index contributed by atoms with van der Waals surface area (Å²) in [6.45, 7) is 4.05. The number of methoxy groups -OCH3 is 1. The van der Waals surface area contributed by atoms with Gasteiger partial charge in [0.2, 0.25) is 5.91 Å². The quantitative estimate of drug-likeness (QED) is 0.671. The molecule has 1 aliphatic rings. The van der Waals surface area contributed by atoms with Crippen molar-refractivity contribution in [3.05, 3.63) is 33.5 Å². The van der Waals surface area contributed by atoms with E-state index in [4.69, 9.17) is 0 Å². The molecule has 3 heterocycles. The highest BCUT2D eigenvalue weighted by Gasteiger charge is 2.33. The van der Waals surface area contributed by atoms with Gasteiger partial charge in [0.25, 0.3) is 15.9 Å². The molecular formula is C19H23N3O6S3. The topological polar surface area (TPSA) is 122 Å². The first-order chi connectivity index (χ1) is 14.6. The Morgan fingerprint density at radius 2 is 1.87 bits per heavy atom. The fourth-order valence-electron chi connectivity index (χ4n) is 3.30. The maximum atomic E-state index is 12.8. The normalized spacial score (nSPS) is 15.5. The second kappa shape index (κ2) is 9.47. The van der Waals surface area contributed by atoms with Crippen molar-refractivity contribution in [1.29, 1.82) is 0 Å². The van der Waals surface area contributed by atoms with Gasteiger partial charge < -0.3 is 10.1 Å². The summed E-state index contributed by atoms with van der Waals surface area (Å²) in [5.74, 6) is -1.31. The molecule has 1 saturated heterocycles. The number of amides is 3. The third kappa shape index (κ3) is 4.97. The van der Waals surface area contributed by atoms with E-state index in [1.165, 1.54) is 27.0 Å². The van der Waals surface area contributed by atoms with E-state index in [1.54, 1.807) is 24.4 Å². The van der Waals surface area contributed by atoms with Crippen molar-refractivity contribution in [3.63, 3.8) is 0 Å². The number of rotatable bonds is 5. The number of aryl methyl sites for hydroxylation is 1. The van der Waals surface area contributed by atoms with Crippen molar-refractivity contribution in [2.45, 2.75) is 30.9 Å². The van der Waals surface area contributed by atoms with E-state index < -0.39 is 22.0 Å². The van der Waals surface area contributed by atoms with Crippen molar-refractivity contribution in [2.24, 2.45) is 5.92 Å². The summed E-state index contributed by atoms with van der Waals surface area (Å²) in [6, 6.07) is 3.26. The van der Waals surface area contributed by atoms with Crippen LogP contribution in [-0.4, -0.2) is 50.8 Å². The van der Waals surface area contributed by atoms with Crippen LogP contribution >= 0.6 is 22.7 Å². The Morgan fingerprint density at radius 1 is 1.19 bits per heavy atom. The molecule has 0 bridgehead atoms. The number of piperidine rings is 1. The van der Waals surface area contributed by atoms with Gasteiger partial charge in [-0.25, -0.2) is 13.2 Å². The molecule has 2 N–H and O–H groups in total. The van der Waals surface area contributed by atoms with E-state index >= 15 is 0 Å². The van der Waals surface area contributed by atoms with Crippen LogP contribution in [0.25, 0.3) is 0 Å². The Labute approximate surface area is 188 Å². The number of sulfonamides is 1. The van der Waals surface area contributed by atoms with Crippen LogP contribution in [0.4, 0.5) is 9.80 Å². The minimum atomic E-state index is -3.54. The van der Waals surface area contributed by atoms with Gasteiger partial charge in [0.15, 0.2) is 0 Å². The Hall–Kier alpha value is -2.28. The maximum Gasteiger partial charge on any atom is 0.413 e. The monoisotopic (exact) mass is 485 g/mol. The lowest BCUT2D eigenvalue weighted by Crippen LogP contribution is -2.41. The molecule has 1 aliphatic heterocycles. The predicted molar refractivity (Wildman–Crippen MR) is 118 cm³/mol. The zero-order valence-electron chi connectivity index (χ0n) is 17.3. The molecule has 31 heavy (non-hydrogen) atoms. The van der Waals surface area contributed by atoms with Crippen LogP contribution in [0.3, 0.4) is 0 Å². The van der Waals surface area contributed by atoms with Gasteiger partial charge in [-0.3, -0.25) is 14.9 Å². The first-order valence-electron chi connectivity index (χ1n) is 9.49. The molecular weight excluding hydrogens is 462 g/mol. The Kier molecular flexibility index (Phi) is 7.14. The van der Waals surface area contributed by atoms with Crippen LogP contribution in [0, 0.1) is 19.8 Å². The van der Waals surface area contributed by atoms with Gasteiger partial charge in [-0.05, 0) is 43.7 Å². The molecule has 0 aromatic carbocycles. The zero-order chi connectivity index (χ0) is 22.8. The summed E-state index contributed by atoms with van der Waals surface area (Å²) >= 11 is 2.42. The summed E-state index contributed by atoms with van der Waals surface area (Å²) in [5.41, 5.74) is 0.887. The third-order valence-corrected chi connectivity index (χ3v) is 9.56. The minimum Gasteiger partial charge on any atom is -0.453 e. The van der Waals surface area contributed by atoms with Crippen LogP contribution in [0.1, 0.15) is 33.6 Å². The molecule has 0 spiro atoms. The Bertz CT molecular complexity index is 1080. The van der Waals surface area contributed by atoms with Crippen molar-refractivity contribution in [1.82, 2.24) is 9.62 Å². The van der Waals surface area contributed by atoms with Crippen LogP contribution in [-0.2, 0) is 19.6 Å². The van der Waals surface area contributed by atoms with Crippen molar-refractivity contribution in [2.75, 3.05) is 25.5 Å². The van der Waals surface area contributed by atoms with E-state index in [9.17, 15) is 22.8 Å². The molecule has 9 nitrogen and oxygen atoms in total. The van der Waals surface area contributed by atoms with Crippen LogP contribution in [0.5, 0.6) is 0 Å². The average molecular weight is 486 g/mol. The number of alkyl carbamates (subject to hydrolysis) is 1. The molecule has 168 valence electrons. The second-order valence-electron chi connectivity index (χ2n) is 7.03. The van der Waals surface area contributed by atoms with E-state index in [2.05, 4.69) is 15.4 Å². The number of carbonyl (C=O) groups excluding carboxylic acids is 3. The predicted octanol–water partition coefficient (Wildman–Crippen LogP) is 2.96. The number of hydrogen-bond acceptors (Lipinski definition) is 8. The van der Waals surface area contributed by atoms with E-state index in [1.807, 2.05) is 6.92 Å². The fourth-order valence-corrected chi connectivity index (χ4v) is 6.98. The molecule has 12 heteroatoms. The minimum absolute atomic E-state index is 0.221. The number of nitrogens with one attached hydrogen (secondary N) is 2. The highest BCUT2D eigenvalue weighted by atomic mass is 32.2. The van der Waals surface area contributed by atoms with Crippen LogP contribution < -0.4 is 10.6 Å². The van der Waals surface area contributed by atoms with Gasteiger partial charge in [-0.15, -0.1) is 22.7 Å². The van der Waals surface area contributed by atoms with Gasteiger partial charge in [0.1, 0.15) is 9.21 Å². The van der Waals surface area contributed by atoms with Gasteiger partial charge >= 0.3 is 6.09 Å². The number of nitrogens with zero attached hydrogens (tertiary/aromatic N) is 1. The maximum absolute atomic E-state index is 12.8. The molecule has 2 aromatic rings. The van der Waals surface area contributed by atoms with Crippen molar-refractivity contribution < 1.29 is 27.5 Å². The van der Waals surface area contributed by atoms with Gasteiger partial charge in [-0.2, -0.15) is 4.31 Å². The molecule has 0 radical (unpaired) electrons.